The van der Waals surface area contributed by atoms with Crippen molar-refractivity contribution in [3.63, 3.8) is 0 Å². The second-order valence-corrected chi connectivity index (χ2v) is 4.54. The lowest BCUT2D eigenvalue weighted by molar-refractivity contribution is 0.105. The maximum atomic E-state index is 10.8. The first kappa shape index (κ1) is 12.7. The number of amides is 1. The Hall–Kier alpha value is -1.75. The number of hydrogen-bond acceptors (Lipinski definition) is 4. The quantitative estimate of drug-likeness (QED) is 0.819. The second kappa shape index (κ2) is 5.73. The van der Waals surface area contributed by atoms with Gasteiger partial charge >= 0.3 is 6.09 Å². The Kier molecular flexibility index (Phi) is 4.04. The number of benzene rings is 1. The highest BCUT2D eigenvalue weighted by Gasteiger charge is 2.22. The average molecular weight is 250 g/mol. The van der Waals surface area contributed by atoms with E-state index in [1.54, 1.807) is 0 Å². The summed E-state index contributed by atoms with van der Waals surface area (Å²) in [7, 11) is 0. The van der Waals surface area contributed by atoms with Gasteiger partial charge < -0.3 is 20.5 Å². The topological polar surface area (TPSA) is 73.6 Å². The largest absolute Gasteiger partial charge is 0.490 e. The Bertz CT molecular complexity index is 403. The van der Waals surface area contributed by atoms with Crippen LogP contribution in [0.4, 0.5) is 4.79 Å². The first-order valence-corrected chi connectivity index (χ1v) is 6.05. The molecule has 0 spiro atoms. The maximum absolute atomic E-state index is 10.8. The number of carbonyl (C=O) groups excluding carboxylic acids is 1. The predicted molar refractivity (Wildman–Crippen MR) is 67.6 cm³/mol. The van der Waals surface area contributed by atoms with E-state index in [-0.39, 0.29) is 18.2 Å². The highest BCUT2D eigenvalue weighted by atomic mass is 16.6. The van der Waals surface area contributed by atoms with Gasteiger partial charge in [-0.15, -0.1) is 0 Å². The van der Waals surface area contributed by atoms with Crippen LogP contribution in [0, 0.1) is 0 Å². The number of ether oxygens (including phenoxy) is 2. The molecule has 1 fully saturated rings. The van der Waals surface area contributed by atoms with E-state index in [2.05, 4.69) is 5.32 Å². The number of alkyl carbamates (subject to hydrolysis) is 1. The van der Waals surface area contributed by atoms with Crippen molar-refractivity contribution in [2.75, 3.05) is 13.2 Å². The molecule has 3 N–H and O–H groups in total. The third-order valence-corrected chi connectivity index (χ3v) is 2.66. The third-order valence-electron chi connectivity index (χ3n) is 2.66. The summed E-state index contributed by atoms with van der Waals surface area (Å²) in [6, 6.07) is 7.96. The minimum atomic E-state index is -0.379. The second-order valence-electron chi connectivity index (χ2n) is 4.54. The summed E-state index contributed by atoms with van der Waals surface area (Å²) in [4.78, 5) is 10.8. The lowest BCUT2D eigenvalue weighted by Crippen LogP contribution is -2.22. The van der Waals surface area contributed by atoms with Crippen molar-refractivity contribution in [3.05, 3.63) is 29.8 Å². The van der Waals surface area contributed by atoms with Crippen LogP contribution >= 0.6 is 0 Å². The van der Waals surface area contributed by atoms with Gasteiger partial charge in [0.05, 0.1) is 6.54 Å². The standard InChI is InChI=1S/C13H18N2O3/c1-9(14)6-10-2-4-11(5-3-10)17-8-12-7-15-13(16)18-12/h2-5,9,12H,6-8,14H2,1H3,(H,15,16). The molecule has 0 radical (unpaired) electrons. The Labute approximate surface area is 106 Å². The normalized spacial score (nSPS) is 20.1. The lowest BCUT2D eigenvalue weighted by Gasteiger charge is -2.11. The number of nitrogens with one attached hydrogen (secondary N) is 1. The van der Waals surface area contributed by atoms with Gasteiger partial charge in [-0.25, -0.2) is 4.79 Å². The highest BCUT2D eigenvalue weighted by Crippen LogP contribution is 2.14. The van der Waals surface area contributed by atoms with E-state index in [0.29, 0.717) is 13.2 Å². The summed E-state index contributed by atoms with van der Waals surface area (Å²) in [5, 5.41) is 2.58. The molecule has 1 amide bonds. The van der Waals surface area contributed by atoms with Crippen LogP contribution in [0.5, 0.6) is 5.75 Å². The summed E-state index contributed by atoms with van der Waals surface area (Å²) >= 11 is 0. The molecule has 2 rings (SSSR count). The van der Waals surface area contributed by atoms with Crippen molar-refractivity contribution in [3.8, 4) is 5.75 Å². The Morgan fingerprint density at radius 3 is 2.78 bits per heavy atom. The van der Waals surface area contributed by atoms with Crippen LogP contribution < -0.4 is 15.8 Å². The number of nitrogens with two attached hydrogens (primary N) is 1. The zero-order valence-corrected chi connectivity index (χ0v) is 10.4. The Morgan fingerprint density at radius 1 is 1.50 bits per heavy atom. The zero-order chi connectivity index (χ0) is 13.0. The van der Waals surface area contributed by atoms with E-state index in [4.69, 9.17) is 15.2 Å². The number of rotatable bonds is 5. The molecule has 18 heavy (non-hydrogen) atoms. The molecule has 1 aliphatic rings. The van der Waals surface area contributed by atoms with E-state index in [9.17, 15) is 4.79 Å². The first-order valence-electron chi connectivity index (χ1n) is 6.05. The molecule has 1 aromatic carbocycles. The predicted octanol–water partition coefficient (Wildman–Crippen LogP) is 1.06. The van der Waals surface area contributed by atoms with E-state index in [1.807, 2.05) is 31.2 Å². The Balaban J connectivity index is 1.81. The molecule has 1 saturated heterocycles. The van der Waals surface area contributed by atoms with Gasteiger partial charge in [0.2, 0.25) is 0 Å². The van der Waals surface area contributed by atoms with Crippen molar-refractivity contribution >= 4 is 6.09 Å². The fourth-order valence-corrected chi connectivity index (χ4v) is 1.81. The van der Waals surface area contributed by atoms with Gasteiger partial charge in [-0.05, 0) is 31.0 Å². The van der Waals surface area contributed by atoms with Crippen LogP contribution in [0.3, 0.4) is 0 Å². The molecule has 98 valence electrons. The van der Waals surface area contributed by atoms with Crippen molar-refractivity contribution in [2.45, 2.75) is 25.5 Å². The summed E-state index contributed by atoms with van der Waals surface area (Å²) in [6.07, 6.45) is 0.266. The van der Waals surface area contributed by atoms with Gasteiger partial charge in [-0.1, -0.05) is 12.1 Å². The molecule has 0 bridgehead atoms. The lowest BCUT2D eigenvalue weighted by atomic mass is 10.1. The van der Waals surface area contributed by atoms with Crippen LogP contribution in [0.15, 0.2) is 24.3 Å². The summed E-state index contributed by atoms with van der Waals surface area (Å²) in [5.74, 6) is 0.770. The molecule has 0 saturated carbocycles. The summed E-state index contributed by atoms with van der Waals surface area (Å²) in [6.45, 7) is 2.85. The van der Waals surface area contributed by atoms with Crippen molar-refractivity contribution < 1.29 is 14.3 Å². The van der Waals surface area contributed by atoms with E-state index in [1.165, 1.54) is 5.56 Å². The molecular formula is C13H18N2O3. The van der Waals surface area contributed by atoms with Gasteiger partial charge in [0.1, 0.15) is 12.4 Å². The molecule has 2 atom stereocenters. The zero-order valence-electron chi connectivity index (χ0n) is 10.4. The smallest absolute Gasteiger partial charge is 0.407 e. The van der Waals surface area contributed by atoms with Gasteiger partial charge in [0.25, 0.3) is 0 Å². The first-order chi connectivity index (χ1) is 8.63. The van der Waals surface area contributed by atoms with E-state index in [0.717, 1.165) is 12.2 Å². The fraction of sp³-hybridized carbons (Fsp3) is 0.462. The molecule has 0 aromatic heterocycles. The molecule has 5 nitrogen and oxygen atoms in total. The number of cyclic esters (lactones) is 1. The minimum Gasteiger partial charge on any atom is -0.490 e. The van der Waals surface area contributed by atoms with Gasteiger partial charge in [-0.3, -0.25) is 0 Å². The molecule has 1 aliphatic heterocycles. The molecule has 2 unspecified atom stereocenters. The number of hydrogen-bond donors (Lipinski definition) is 2. The van der Waals surface area contributed by atoms with Crippen LogP contribution in [0.1, 0.15) is 12.5 Å². The van der Waals surface area contributed by atoms with E-state index < -0.39 is 0 Å². The van der Waals surface area contributed by atoms with Gasteiger partial charge in [-0.2, -0.15) is 0 Å². The number of carbonyl (C=O) groups is 1. The van der Waals surface area contributed by atoms with Crippen LogP contribution in [-0.2, 0) is 11.2 Å². The van der Waals surface area contributed by atoms with Crippen molar-refractivity contribution in [1.82, 2.24) is 5.32 Å². The maximum Gasteiger partial charge on any atom is 0.407 e. The van der Waals surface area contributed by atoms with Crippen molar-refractivity contribution in [1.29, 1.82) is 0 Å². The van der Waals surface area contributed by atoms with Crippen molar-refractivity contribution in [2.24, 2.45) is 5.73 Å². The molecule has 0 aliphatic carbocycles. The fourth-order valence-electron chi connectivity index (χ4n) is 1.81. The summed E-state index contributed by atoms with van der Waals surface area (Å²) < 4.78 is 10.5. The van der Waals surface area contributed by atoms with Crippen LogP contribution in [0.25, 0.3) is 0 Å². The van der Waals surface area contributed by atoms with Gasteiger partial charge in [0.15, 0.2) is 6.10 Å². The van der Waals surface area contributed by atoms with Crippen LogP contribution in [0.2, 0.25) is 0 Å². The SMILES string of the molecule is CC(N)Cc1ccc(OCC2CNC(=O)O2)cc1. The monoisotopic (exact) mass is 250 g/mol. The average Bonchev–Trinajstić information content (AvgIpc) is 2.74. The molecular weight excluding hydrogens is 232 g/mol. The van der Waals surface area contributed by atoms with E-state index >= 15 is 0 Å². The summed E-state index contributed by atoms with van der Waals surface area (Å²) in [5.41, 5.74) is 6.92. The van der Waals surface area contributed by atoms with Crippen LogP contribution in [-0.4, -0.2) is 31.4 Å². The third kappa shape index (κ3) is 3.63. The molecule has 1 aromatic rings. The molecule has 5 heteroatoms. The Morgan fingerprint density at radius 2 is 2.22 bits per heavy atom. The minimum absolute atomic E-state index is 0.153. The highest BCUT2D eigenvalue weighted by molar-refractivity contribution is 5.69. The molecule has 1 heterocycles. The van der Waals surface area contributed by atoms with Gasteiger partial charge in [0, 0.05) is 6.04 Å².